The minimum absolute atomic E-state index is 0.214. The van der Waals surface area contributed by atoms with E-state index in [2.05, 4.69) is 26.1 Å². The first-order chi connectivity index (χ1) is 11.7. The fraction of sp³-hybridized carbons (Fsp3) is 0.474. The summed E-state index contributed by atoms with van der Waals surface area (Å²) in [6.07, 6.45) is 4.26. The summed E-state index contributed by atoms with van der Waals surface area (Å²) in [6, 6.07) is 1.62. The Hall–Kier alpha value is -2.08. The number of thiophene rings is 1. The van der Waals surface area contributed by atoms with Crippen LogP contribution in [0, 0.1) is 18.3 Å². The number of carbonyl (C=O) groups is 2. The largest absolute Gasteiger partial charge is 0.469 e. The molecule has 134 valence electrons. The average molecular weight is 360 g/mol. The van der Waals surface area contributed by atoms with Crippen molar-refractivity contribution in [2.75, 3.05) is 5.32 Å². The molecule has 0 aliphatic heterocycles. The Balaban J connectivity index is 1.93. The summed E-state index contributed by atoms with van der Waals surface area (Å²) in [6.45, 7) is 8.47. The van der Waals surface area contributed by atoms with Crippen molar-refractivity contribution in [3.63, 3.8) is 0 Å². The molecule has 1 aliphatic rings. The summed E-state index contributed by atoms with van der Waals surface area (Å²) >= 11 is 1.48. The molecule has 3 N–H and O–H groups in total. The molecule has 3 rings (SSSR count). The van der Waals surface area contributed by atoms with Crippen LogP contribution >= 0.6 is 11.3 Å². The number of amides is 2. The van der Waals surface area contributed by atoms with Gasteiger partial charge in [-0.2, -0.15) is 0 Å². The van der Waals surface area contributed by atoms with Gasteiger partial charge in [0, 0.05) is 4.88 Å². The summed E-state index contributed by atoms with van der Waals surface area (Å²) in [4.78, 5) is 25.7. The van der Waals surface area contributed by atoms with Crippen LogP contribution in [0.25, 0.3) is 0 Å². The monoisotopic (exact) mass is 360 g/mol. The van der Waals surface area contributed by atoms with Crippen LogP contribution < -0.4 is 11.1 Å². The van der Waals surface area contributed by atoms with Crippen molar-refractivity contribution in [1.29, 1.82) is 0 Å². The van der Waals surface area contributed by atoms with Crippen LogP contribution in [0.3, 0.4) is 0 Å². The second-order valence-electron chi connectivity index (χ2n) is 7.72. The Bertz CT molecular complexity index is 826. The van der Waals surface area contributed by atoms with E-state index < -0.39 is 5.91 Å². The molecule has 0 radical (unpaired) electrons. The van der Waals surface area contributed by atoms with Gasteiger partial charge >= 0.3 is 0 Å². The first-order valence-electron chi connectivity index (χ1n) is 8.48. The highest BCUT2D eigenvalue weighted by Gasteiger charge is 2.33. The maximum Gasteiger partial charge on any atom is 0.259 e. The van der Waals surface area contributed by atoms with Crippen LogP contribution in [0.4, 0.5) is 5.00 Å². The summed E-state index contributed by atoms with van der Waals surface area (Å²) in [7, 11) is 0. The third-order valence-corrected chi connectivity index (χ3v) is 6.24. The Labute approximate surface area is 151 Å². The molecule has 0 spiro atoms. The van der Waals surface area contributed by atoms with Gasteiger partial charge in [0.1, 0.15) is 10.8 Å². The number of hydrogen-bond acceptors (Lipinski definition) is 4. The number of rotatable bonds is 3. The first kappa shape index (κ1) is 17.7. The highest BCUT2D eigenvalue weighted by molar-refractivity contribution is 7.17. The maximum absolute atomic E-state index is 12.5. The number of nitrogens with one attached hydrogen (secondary N) is 1. The van der Waals surface area contributed by atoms with E-state index >= 15 is 0 Å². The zero-order valence-corrected chi connectivity index (χ0v) is 15.9. The SMILES string of the molecule is Cc1occc1C(=O)Nc1sc2c(c1C(N)=O)CC[C@@H](C(C)(C)C)C2. The molecule has 6 heteroatoms. The molecule has 0 fully saturated rings. The third-order valence-electron chi connectivity index (χ3n) is 5.07. The van der Waals surface area contributed by atoms with E-state index in [0.717, 1.165) is 24.8 Å². The van der Waals surface area contributed by atoms with Gasteiger partial charge in [-0.05, 0) is 49.1 Å². The van der Waals surface area contributed by atoms with E-state index in [0.29, 0.717) is 27.8 Å². The molecule has 1 atom stereocenters. The number of nitrogens with two attached hydrogens (primary N) is 1. The summed E-state index contributed by atoms with van der Waals surface area (Å²) in [5, 5.41) is 3.42. The molecule has 0 saturated heterocycles. The van der Waals surface area contributed by atoms with Gasteiger partial charge in [0.2, 0.25) is 0 Å². The zero-order valence-electron chi connectivity index (χ0n) is 15.1. The van der Waals surface area contributed by atoms with Gasteiger partial charge in [-0.1, -0.05) is 20.8 Å². The molecule has 0 bridgehead atoms. The van der Waals surface area contributed by atoms with Crippen molar-refractivity contribution >= 4 is 28.2 Å². The number of anilines is 1. The predicted molar refractivity (Wildman–Crippen MR) is 99.2 cm³/mol. The Morgan fingerprint density at radius 3 is 2.64 bits per heavy atom. The quantitative estimate of drug-likeness (QED) is 0.862. The van der Waals surface area contributed by atoms with Crippen molar-refractivity contribution in [1.82, 2.24) is 0 Å². The topological polar surface area (TPSA) is 85.3 Å². The normalized spacial score (nSPS) is 17.2. The zero-order chi connectivity index (χ0) is 18.4. The number of aryl methyl sites for hydroxylation is 1. The standard InChI is InChI=1S/C19H24N2O3S/c1-10-12(7-8-24-10)17(23)21-18-15(16(20)22)13-6-5-11(19(2,3)4)9-14(13)25-18/h7-8,11H,5-6,9H2,1-4H3,(H2,20,22)(H,21,23)/t11-/m1/s1. The highest BCUT2D eigenvalue weighted by Crippen LogP contribution is 2.44. The maximum atomic E-state index is 12.5. The van der Waals surface area contributed by atoms with Crippen LogP contribution in [-0.2, 0) is 12.8 Å². The Morgan fingerprint density at radius 2 is 2.08 bits per heavy atom. The number of primary amides is 1. The third kappa shape index (κ3) is 3.35. The van der Waals surface area contributed by atoms with Gasteiger partial charge in [-0.25, -0.2) is 0 Å². The molecule has 2 aromatic heterocycles. The second kappa shape index (κ2) is 6.33. The van der Waals surface area contributed by atoms with Gasteiger partial charge in [-0.15, -0.1) is 11.3 Å². The smallest absolute Gasteiger partial charge is 0.259 e. The molecule has 2 heterocycles. The molecule has 25 heavy (non-hydrogen) atoms. The summed E-state index contributed by atoms with van der Waals surface area (Å²) in [5.74, 6) is 0.344. The van der Waals surface area contributed by atoms with Crippen molar-refractivity contribution in [2.24, 2.45) is 17.1 Å². The fourth-order valence-electron chi connectivity index (χ4n) is 3.46. The second-order valence-corrected chi connectivity index (χ2v) is 8.83. The van der Waals surface area contributed by atoms with E-state index in [9.17, 15) is 9.59 Å². The molecule has 0 unspecified atom stereocenters. The lowest BCUT2D eigenvalue weighted by Crippen LogP contribution is -2.27. The molecular weight excluding hydrogens is 336 g/mol. The van der Waals surface area contributed by atoms with E-state index in [1.54, 1.807) is 13.0 Å². The van der Waals surface area contributed by atoms with E-state index in [4.69, 9.17) is 10.2 Å². The van der Waals surface area contributed by atoms with Gasteiger partial charge < -0.3 is 15.5 Å². The molecule has 0 saturated carbocycles. The number of carbonyl (C=O) groups excluding carboxylic acids is 2. The fourth-order valence-corrected chi connectivity index (χ4v) is 4.79. The van der Waals surface area contributed by atoms with Crippen molar-refractivity contribution in [2.45, 2.75) is 47.0 Å². The minimum atomic E-state index is -0.481. The average Bonchev–Trinajstić information content (AvgIpc) is 3.08. The van der Waals surface area contributed by atoms with Gasteiger partial charge in [-0.3, -0.25) is 9.59 Å². The Kier molecular flexibility index (Phi) is 4.49. The van der Waals surface area contributed by atoms with Crippen LogP contribution in [0.5, 0.6) is 0 Å². The molecule has 5 nitrogen and oxygen atoms in total. The minimum Gasteiger partial charge on any atom is -0.469 e. The number of fused-ring (bicyclic) bond motifs is 1. The summed E-state index contributed by atoms with van der Waals surface area (Å²) < 4.78 is 5.18. The summed E-state index contributed by atoms with van der Waals surface area (Å²) in [5.41, 5.74) is 7.79. The first-order valence-corrected chi connectivity index (χ1v) is 9.30. The molecule has 1 aliphatic carbocycles. The lowest BCUT2D eigenvalue weighted by atomic mass is 9.72. The molecule has 2 aromatic rings. The molecular formula is C19H24N2O3S. The lowest BCUT2D eigenvalue weighted by molar-refractivity contribution is 0.1000. The highest BCUT2D eigenvalue weighted by atomic mass is 32.1. The van der Waals surface area contributed by atoms with Gasteiger partial charge in [0.25, 0.3) is 11.8 Å². The Morgan fingerprint density at radius 1 is 1.36 bits per heavy atom. The predicted octanol–water partition coefficient (Wildman–Crippen LogP) is 4.15. The van der Waals surface area contributed by atoms with E-state index in [-0.39, 0.29) is 11.3 Å². The number of hydrogen-bond donors (Lipinski definition) is 2. The van der Waals surface area contributed by atoms with Crippen LogP contribution in [0.1, 0.15) is 64.1 Å². The lowest BCUT2D eigenvalue weighted by Gasteiger charge is -2.33. The van der Waals surface area contributed by atoms with Crippen molar-refractivity contribution in [3.05, 3.63) is 39.7 Å². The van der Waals surface area contributed by atoms with Gasteiger partial charge in [0.15, 0.2) is 0 Å². The molecule has 2 amide bonds. The van der Waals surface area contributed by atoms with Crippen LogP contribution in [0.15, 0.2) is 16.7 Å². The van der Waals surface area contributed by atoms with Crippen molar-refractivity contribution in [3.8, 4) is 0 Å². The van der Waals surface area contributed by atoms with E-state index in [1.807, 2.05) is 0 Å². The van der Waals surface area contributed by atoms with Gasteiger partial charge in [0.05, 0.1) is 17.4 Å². The van der Waals surface area contributed by atoms with Crippen molar-refractivity contribution < 1.29 is 14.0 Å². The number of furan rings is 1. The van der Waals surface area contributed by atoms with Crippen LogP contribution in [-0.4, -0.2) is 11.8 Å². The molecule has 0 aromatic carbocycles. The van der Waals surface area contributed by atoms with Crippen LogP contribution in [0.2, 0.25) is 0 Å². The van der Waals surface area contributed by atoms with E-state index in [1.165, 1.54) is 22.5 Å².